The molecule has 0 spiro atoms. The van der Waals surface area contributed by atoms with E-state index in [1.807, 2.05) is 19.9 Å². The van der Waals surface area contributed by atoms with Gasteiger partial charge >= 0.3 is 12.0 Å². The van der Waals surface area contributed by atoms with Crippen molar-refractivity contribution < 1.29 is 14.7 Å². The Labute approximate surface area is 108 Å². The smallest absolute Gasteiger partial charge is 0.326 e. The molecule has 6 heteroatoms. The van der Waals surface area contributed by atoms with Gasteiger partial charge in [-0.25, -0.2) is 9.59 Å². The fourth-order valence-electron chi connectivity index (χ4n) is 1.41. The van der Waals surface area contributed by atoms with Gasteiger partial charge in [-0.1, -0.05) is 13.8 Å². The second-order valence-corrected chi connectivity index (χ2v) is 4.79. The van der Waals surface area contributed by atoms with E-state index in [9.17, 15) is 9.59 Å². The monoisotopic (exact) mass is 255 g/mol. The summed E-state index contributed by atoms with van der Waals surface area (Å²) >= 11 is 0. The summed E-state index contributed by atoms with van der Waals surface area (Å²) in [5.41, 5.74) is 0. The Kier molecular flexibility index (Phi) is 6.79. The van der Waals surface area contributed by atoms with Crippen molar-refractivity contribution in [1.82, 2.24) is 10.2 Å². The molecule has 6 nitrogen and oxygen atoms in total. The molecule has 102 valence electrons. The van der Waals surface area contributed by atoms with Crippen molar-refractivity contribution in [2.24, 2.45) is 5.92 Å². The van der Waals surface area contributed by atoms with Gasteiger partial charge in [0.05, 0.1) is 12.5 Å². The number of carboxylic acids is 1. The van der Waals surface area contributed by atoms with Gasteiger partial charge in [-0.15, -0.1) is 0 Å². The number of nitrogens with one attached hydrogen (secondary N) is 1. The van der Waals surface area contributed by atoms with E-state index in [0.717, 1.165) is 0 Å². The molecule has 0 fully saturated rings. The van der Waals surface area contributed by atoms with Crippen LogP contribution in [-0.2, 0) is 4.79 Å². The Morgan fingerprint density at radius 1 is 1.39 bits per heavy atom. The summed E-state index contributed by atoms with van der Waals surface area (Å²) in [4.78, 5) is 24.1. The number of rotatable bonds is 6. The largest absolute Gasteiger partial charge is 0.480 e. The number of hydrogen-bond acceptors (Lipinski definition) is 3. The van der Waals surface area contributed by atoms with Crippen LogP contribution in [0.4, 0.5) is 4.79 Å². The van der Waals surface area contributed by atoms with Crippen LogP contribution in [0.1, 0.15) is 33.6 Å². The fraction of sp³-hybridized carbons (Fsp3) is 0.750. The van der Waals surface area contributed by atoms with E-state index in [4.69, 9.17) is 10.4 Å². The van der Waals surface area contributed by atoms with Crippen LogP contribution in [0.3, 0.4) is 0 Å². The molecular formula is C12H21N3O3. The Balaban J connectivity index is 4.51. The van der Waals surface area contributed by atoms with Gasteiger partial charge in [-0.05, 0) is 19.3 Å². The molecule has 0 aliphatic heterocycles. The third kappa shape index (κ3) is 5.53. The second-order valence-electron chi connectivity index (χ2n) is 4.79. The minimum absolute atomic E-state index is 0.174. The third-order valence-corrected chi connectivity index (χ3v) is 2.67. The molecule has 2 unspecified atom stereocenters. The maximum atomic E-state index is 11.8. The molecule has 0 bridgehead atoms. The standard InChI is InChI=1S/C12H21N3O3/c1-8(2)7-10(11(16)17)14-12(18)15(4)9(3)5-6-13/h8-10H,5,7H2,1-4H3,(H,14,18)(H,16,17). The summed E-state index contributed by atoms with van der Waals surface area (Å²) < 4.78 is 0. The first-order valence-electron chi connectivity index (χ1n) is 5.92. The molecule has 18 heavy (non-hydrogen) atoms. The molecule has 0 rings (SSSR count). The zero-order valence-corrected chi connectivity index (χ0v) is 11.3. The van der Waals surface area contributed by atoms with Gasteiger partial charge in [0.15, 0.2) is 0 Å². The summed E-state index contributed by atoms with van der Waals surface area (Å²) in [5, 5.41) is 20.0. The number of aliphatic carboxylic acids is 1. The lowest BCUT2D eigenvalue weighted by Crippen LogP contribution is -2.49. The van der Waals surface area contributed by atoms with E-state index >= 15 is 0 Å². The Morgan fingerprint density at radius 2 is 1.94 bits per heavy atom. The summed E-state index contributed by atoms with van der Waals surface area (Å²) in [7, 11) is 1.55. The van der Waals surface area contributed by atoms with Crippen molar-refractivity contribution in [3.05, 3.63) is 0 Å². The number of carboxylic acid groups (broad SMARTS) is 1. The fourth-order valence-corrected chi connectivity index (χ4v) is 1.41. The van der Waals surface area contributed by atoms with Crippen molar-refractivity contribution in [3.63, 3.8) is 0 Å². The van der Waals surface area contributed by atoms with Gasteiger partial charge in [0.1, 0.15) is 6.04 Å². The van der Waals surface area contributed by atoms with Crippen LogP contribution < -0.4 is 5.32 Å². The SMILES string of the molecule is CC(C)CC(NC(=O)N(C)C(C)CC#N)C(=O)O. The highest BCUT2D eigenvalue weighted by Gasteiger charge is 2.24. The van der Waals surface area contributed by atoms with Crippen LogP contribution in [0.25, 0.3) is 0 Å². The van der Waals surface area contributed by atoms with Gasteiger partial charge in [-0.3, -0.25) is 0 Å². The topological polar surface area (TPSA) is 93.4 Å². The van der Waals surface area contributed by atoms with Gasteiger partial charge < -0.3 is 15.3 Å². The van der Waals surface area contributed by atoms with E-state index in [-0.39, 0.29) is 18.4 Å². The van der Waals surface area contributed by atoms with E-state index in [1.54, 1.807) is 14.0 Å². The highest BCUT2D eigenvalue weighted by atomic mass is 16.4. The average Bonchev–Trinajstić information content (AvgIpc) is 2.26. The predicted molar refractivity (Wildman–Crippen MR) is 66.9 cm³/mol. The van der Waals surface area contributed by atoms with Crippen LogP contribution in [0.2, 0.25) is 0 Å². The molecule has 0 saturated heterocycles. The Hall–Kier alpha value is -1.77. The number of hydrogen-bond donors (Lipinski definition) is 2. The minimum Gasteiger partial charge on any atom is -0.480 e. The van der Waals surface area contributed by atoms with E-state index in [1.165, 1.54) is 4.90 Å². The third-order valence-electron chi connectivity index (χ3n) is 2.67. The van der Waals surface area contributed by atoms with Crippen LogP contribution >= 0.6 is 0 Å². The number of amides is 2. The summed E-state index contributed by atoms with van der Waals surface area (Å²) in [6, 6.07) is 0.366. The van der Waals surface area contributed by atoms with Crippen LogP contribution in [-0.4, -0.2) is 41.1 Å². The lowest BCUT2D eigenvalue weighted by molar-refractivity contribution is -0.139. The zero-order chi connectivity index (χ0) is 14.3. The van der Waals surface area contributed by atoms with Gasteiger partial charge in [0.25, 0.3) is 0 Å². The van der Waals surface area contributed by atoms with Gasteiger partial charge in [0, 0.05) is 13.1 Å². The Morgan fingerprint density at radius 3 is 2.33 bits per heavy atom. The highest BCUT2D eigenvalue weighted by Crippen LogP contribution is 2.07. The molecule has 0 aromatic heterocycles. The molecule has 0 heterocycles. The number of nitrogens with zero attached hydrogens (tertiary/aromatic N) is 2. The van der Waals surface area contributed by atoms with Crippen LogP contribution in [0.15, 0.2) is 0 Å². The van der Waals surface area contributed by atoms with Crippen molar-refractivity contribution in [1.29, 1.82) is 5.26 Å². The second kappa shape index (κ2) is 7.54. The number of carbonyl (C=O) groups excluding carboxylic acids is 1. The van der Waals surface area contributed by atoms with Crippen molar-refractivity contribution in [2.45, 2.75) is 45.7 Å². The lowest BCUT2D eigenvalue weighted by Gasteiger charge is -2.26. The number of urea groups is 1. The molecular weight excluding hydrogens is 234 g/mol. The first-order chi connectivity index (χ1) is 8.29. The predicted octanol–water partition coefficient (Wildman–Crippen LogP) is 1.43. The lowest BCUT2D eigenvalue weighted by atomic mass is 10.0. The minimum atomic E-state index is -1.04. The summed E-state index contributed by atoms with van der Waals surface area (Å²) in [6.07, 6.45) is 0.591. The molecule has 0 aromatic carbocycles. The number of nitriles is 1. The molecule has 2 N–H and O–H groups in total. The molecule has 0 radical (unpaired) electrons. The van der Waals surface area contributed by atoms with Crippen molar-refractivity contribution >= 4 is 12.0 Å². The van der Waals surface area contributed by atoms with Gasteiger partial charge in [-0.2, -0.15) is 5.26 Å². The van der Waals surface area contributed by atoms with E-state index < -0.39 is 18.0 Å². The molecule has 2 amide bonds. The molecule has 0 aliphatic carbocycles. The normalized spacial score (nSPS) is 13.6. The first kappa shape index (κ1) is 16.2. The van der Waals surface area contributed by atoms with Crippen molar-refractivity contribution in [2.75, 3.05) is 7.05 Å². The van der Waals surface area contributed by atoms with E-state index in [0.29, 0.717) is 6.42 Å². The molecule has 0 aliphatic rings. The molecule has 2 atom stereocenters. The summed E-state index contributed by atoms with van der Waals surface area (Å²) in [6.45, 7) is 5.52. The molecule has 0 saturated carbocycles. The first-order valence-corrected chi connectivity index (χ1v) is 5.92. The van der Waals surface area contributed by atoms with E-state index in [2.05, 4.69) is 5.32 Å². The number of carbonyl (C=O) groups is 2. The van der Waals surface area contributed by atoms with Gasteiger partial charge in [0.2, 0.25) is 0 Å². The molecule has 0 aromatic rings. The quantitative estimate of drug-likeness (QED) is 0.750. The van der Waals surface area contributed by atoms with Crippen LogP contribution in [0, 0.1) is 17.2 Å². The highest BCUT2D eigenvalue weighted by molar-refractivity contribution is 5.82. The summed E-state index contributed by atoms with van der Waals surface area (Å²) in [5.74, 6) is -0.869. The average molecular weight is 255 g/mol. The Bertz CT molecular complexity index is 336. The maximum absolute atomic E-state index is 11.8. The van der Waals surface area contributed by atoms with Crippen LogP contribution in [0.5, 0.6) is 0 Å². The zero-order valence-electron chi connectivity index (χ0n) is 11.3. The maximum Gasteiger partial charge on any atom is 0.326 e. The van der Waals surface area contributed by atoms with Crippen molar-refractivity contribution in [3.8, 4) is 6.07 Å².